The van der Waals surface area contributed by atoms with Crippen LogP contribution in [0.15, 0.2) is 74.9 Å². The summed E-state index contributed by atoms with van der Waals surface area (Å²) in [6.07, 6.45) is 1.94. The molecule has 2 N–H and O–H groups in total. The highest BCUT2D eigenvalue weighted by Gasteiger charge is 2.16. The summed E-state index contributed by atoms with van der Waals surface area (Å²) in [6, 6.07) is 15.9. The van der Waals surface area contributed by atoms with Crippen molar-refractivity contribution in [3.05, 3.63) is 98.6 Å². The zero-order valence-electron chi connectivity index (χ0n) is 20.2. The van der Waals surface area contributed by atoms with Gasteiger partial charge in [0.25, 0.3) is 5.56 Å². The minimum Gasteiger partial charge on any atom is -0.467 e. The van der Waals surface area contributed by atoms with E-state index in [4.69, 9.17) is 4.42 Å². The van der Waals surface area contributed by atoms with Crippen molar-refractivity contribution in [1.82, 2.24) is 14.5 Å². The van der Waals surface area contributed by atoms with Gasteiger partial charge in [-0.3, -0.25) is 23.5 Å². The maximum atomic E-state index is 13.3. The van der Waals surface area contributed by atoms with Gasteiger partial charge in [0.05, 0.1) is 23.7 Å². The van der Waals surface area contributed by atoms with Crippen LogP contribution in [0.3, 0.4) is 0 Å². The molecule has 2 heterocycles. The second kappa shape index (κ2) is 10.9. The van der Waals surface area contributed by atoms with E-state index in [1.54, 1.807) is 36.4 Å². The first kappa shape index (κ1) is 24.7. The van der Waals surface area contributed by atoms with E-state index < -0.39 is 11.2 Å². The molecule has 4 aromatic rings. The molecule has 2 aromatic heterocycles. The molecule has 186 valence electrons. The van der Waals surface area contributed by atoms with E-state index in [0.29, 0.717) is 22.4 Å². The number of carbonyl (C=O) groups is 2. The fourth-order valence-electron chi connectivity index (χ4n) is 4.09. The third-order valence-corrected chi connectivity index (χ3v) is 5.92. The topological polar surface area (TPSA) is 115 Å². The number of hydrogen-bond acceptors (Lipinski definition) is 5. The number of anilines is 1. The summed E-state index contributed by atoms with van der Waals surface area (Å²) < 4.78 is 7.58. The van der Waals surface area contributed by atoms with E-state index in [0.717, 1.165) is 15.7 Å². The molecular formula is C27H28N4O5. The molecule has 0 bridgehead atoms. The van der Waals surface area contributed by atoms with Crippen LogP contribution in [0.5, 0.6) is 0 Å². The Morgan fingerprint density at radius 2 is 1.75 bits per heavy atom. The van der Waals surface area contributed by atoms with Crippen LogP contribution in [-0.4, -0.2) is 20.9 Å². The summed E-state index contributed by atoms with van der Waals surface area (Å²) >= 11 is 0. The summed E-state index contributed by atoms with van der Waals surface area (Å²) in [7, 11) is 0. The van der Waals surface area contributed by atoms with Gasteiger partial charge in [0, 0.05) is 18.7 Å². The van der Waals surface area contributed by atoms with E-state index in [-0.39, 0.29) is 44.3 Å². The van der Waals surface area contributed by atoms with Crippen molar-refractivity contribution in [3.63, 3.8) is 0 Å². The van der Waals surface area contributed by atoms with Crippen LogP contribution in [0.4, 0.5) is 5.69 Å². The van der Waals surface area contributed by atoms with Crippen molar-refractivity contribution in [3.8, 4) is 0 Å². The second-order valence-corrected chi connectivity index (χ2v) is 8.67. The minimum absolute atomic E-state index is 0.0510. The molecule has 0 fully saturated rings. The number of para-hydroxylation sites is 1. The SMILES string of the molecule is Cc1ccc(NC(=O)Cn2c(=O)n(CCCC(=O)NCc3ccco3)c(=O)c3ccccc32)c(C)c1. The Morgan fingerprint density at radius 3 is 2.50 bits per heavy atom. The predicted molar refractivity (Wildman–Crippen MR) is 137 cm³/mol. The lowest BCUT2D eigenvalue weighted by molar-refractivity contribution is -0.121. The van der Waals surface area contributed by atoms with Crippen molar-refractivity contribution in [1.29, 1.82) is 0 Å². The Balaban J connectivity index is 1.51. The first-order valence-corrected chi connectivity index (χ1v) is 11.7. The van der Waals surface area contributed by atoms with Crippen molar-refractivity contribution in [2.24, 2.45) is 0 Å². The number of nitrogens with zero attached hydrogens (tertiary/aromatic N) is 2. The molecule has 9 nitrogen and oxygen atoms in total. The number of rotatable bonds is 9. The molecule has 2 amide bonds. The number of benzene rings is 2. The number of amides is 2. The van der Waals surface area contributed by atoms with Crippen molar-refractivity contribution >= 4 is 28.4 Å². The van der Waals surface area contributed by atoms with Gasteiger partial charge in [0.1, 0.15) is 12.3 Å². The lowest BCUT2D eigenvalue weighted by atomic mass is 10.1. The highest BCUT2D eigenvalue weighted by molar-refractivity contribution is 5.92. The summed E-state index contributed by atoms with van der Waals surface area (Å²) in [5.41, 5.74) is 2.00. The molecule has 0 radical (unpaired) electrons. The van der Waals surface area contributed by atoms with Crippen molar-refractivity contribution in [2.75, 3.05) is 5.32 Å². The van der Waals surface area contributed by atoms with E-state index in [1.165, 1.54) is 10.8 Å². The number of nitrogens with one attached hydrogen (secondary N) is 2. The number of hydrogen-bond donors (Lipinski definition) is 2. The molecule has 0 spiro atoms. The Kier molecular flexibility index (Phi) is 7.48. The number of fused-ring (bicyclic) bond motifs is 1. The monoisotopic (exact) mass is 488 g/mol. The van der Waals surface area contributed by atoms with Gasteiger partial charge in [-0.2, -0.15) is 0 Å². The molecule has 4 rings (SSSR count). The molecule has 0 aliphatic rings. The quantitative estimate of drug-likeness (QED) is 0.376. The Bertz CT molecular complexity index is 1520. The molecule has 0 aliphatic carbocycles. The van der Waals surface area contributed by atoms with Gasteiger partial charge in [-0.05, 0) is 56.2 Å². The van der Waals surface area contributed by atoms with Gasteiger partial charge in [-0.25, -0.2) is 4.79 Å². The molecule has 0 saturated heterocycles. The number of aromatic nitrogens is 2. The van der Waals surface area contributed by atoms with E-state index in [2.05, 4.69) is 10.6 Å². The number of carbonyl (C=O) groups excluding carboxylic acids is 2. The fourth-order valence-corrected chi connectivity index (χ4v) is 4.09. The zero-order valence-corrected chi connectivity index (χ0v) is 20.2. The van der Waals surface area contributed by atoms with Crippen LogP contribution < -0.4 is 21.9 Å². The third kappa shape index (κ3) is 5.63. The molecule has 0 saturated carbocycles. The largest absolute Gasteiger partial charge is 0.467 e. The molecule has 0 atom stereocenters. The second-order valence-electron chi connectivity index (χ2n) is 8.67. The number of furan rings is 1. The first-order chi connectivity index (χ1) is 17.3. The standard InChI is InChI=1S/C27H28N4O5/c1-18-11-12-22(19(2)15-18)29-25(33)17-31-23-9-4-3-8-21(23)26(34)30(27(31)35)13-5-10-24(32)28-16-20-7-6-14-36-20/h3-4,6-9,11-12,14-15H,5,10,13,16-17H2,1-2H3,(H,28,32)(H,29,33). The number of aryl methyl sites for hydroxylation is 2. The molecule has 2 aromatic carbocycles. The molecule has 36 heavy (non-hydrogen) atoms. The summed E-state index contributed by atoms with van der Waals surface area (Å²) in [6.45, 7) is 3.93. The minimum atomic E-state index is -0.592. The van der Waals surface area contributed by atoms with Gasteiger partial charge in [-0.15, -0.1) is 0 Å². The summed E-state index contributed by atoms with van der Waals surface area (Å²) in [5.74, 6) is 0.0428. The normalized spacial score (nSPS) is 10.9. The van der Waals surface area contributed by atoms with E-state index in [9.17, 15) is 19.2 Å². The summed E-state index contributed by atoms with van der Waals surface area (Å²) in [5, 5.41) is 5.92. The third-order valence-electron chi connectivity index (χ3n) is 5.92. The van der Waals surface area contributed by atoms with Crippen molar-refractivity contribution < 1.29 is 14.0 Å². The van der Waals surface area contributed by atoms with E-state index >= 15 is 0 Å². The van der Waals surface area contributed by atoms with Gasteiger partial charge < -0.3 is 15.1 Å². The van der Waals surface area contributed by atoms with Gasteiger partial charge in [-0.1, -0.05) is 29.8 Å². The van der Waals surface area contributed by atoms with Gasteiger partial charge >= 0.3 is 5.69 Å². The van der Waals surface area contributed by atoms with Gasteiger partial charge in [0.15, 0.2) is 0 Å². The average molecular weight is 489 g/mol. The van der Waals surface area contributed by atoms with Crippen LogP contribution in [0.25, 0.3) is 10.9 Å². The smallest absolute Gasteiger partial charge is 0.331 e. The Hall–Kier alpha value is -4.40. The fraction of sp³-hybridized carbons (Fsp3) is 0.259. The Labute approximate surface area is 207 Å². The maximum absolute atomic E-state index is 13.3. The molecule has 0 unspecified atom stereocenters. The van der Waals surface area contributed by atoms with Crippen LogP contribution in [0.1, 0.15) is 29.7 Å². The van der Waals surface area contributed by atoms with Crippen LogP contribution in [0, 0.1) is 13.8 Å². The maximum Gasteiger partial charge on any atom is 0.331 e. The van der Waals surface area contributed by atoms with Crippen molar-refractivity contribution in [2.45, 2.75) is 46.3 Å². The van der Waals surface area contributed by atoms with E-state index in [1.807, 2.05) is 32.0 Å². The zero-order chi connectivity index (χ0) is 25.7. The van der Waals surface area contributed by atoms with Crippen LogP contribution in [-0.2, 0) is 29.2 Å². The highest BCUT2D eigenvalue weighted by atomic mass is 16.3. The lowest BCUT2D eigenvalue weighted by Gasteiger charge is -2.15. The first-order valence-electron chi connectivity index (χ1n) is 11.7. The Morgan fingerprint density at radius 1 is 0.944 bits per heavy atom. The predicted octanol–water partition coefficient (Wildman–Crippen LogP) is 3.11. The summed E-state index contributed by atoms with van der Waals surface area (Å²) in [4.78, 5) is 51.4. The van der Waals surface area contributed by atoms with Gasteiger partial charge in [0.2, 0.25) is 11.8 Å². The molecule has 0 aliphatic heterocycles. The highest BCUT2D eigenvalue weighted by Crippen LogP contribution is 2.16. The lowest BCUT2D eigenvalue weighted by Crippen LogP contribution is -2.42. The molecular weight excluding hydrogens is 460 g/mol. The molecule has 9 heteroatoms. The van der Waals surface area contributed by atoms with Crippen LogP contribution >= 0.6 is 0 Å². The van der Waals surface area contributed by atoms with Crippen LogP contribution in [0.2, 0.25) is 0 Å². The average Bonchev–Trinajstić information content (AvgIpc) is 3.38.